The molecule has 1 aromatic carbocycles. The topological polar surface area (TPSA) is 60.7 Å². The van der Waals surface area contributed by atoms with Crippen molar-refractivity contribution in [1.82, 2.24) is 0 Å². The fourth-order valence-corrected chi connectivity index (χ4v) is 1.98. The van der Waals surface area contributed by atoms with Gasteiger partial charge in [0.05, 0.1) is 12.8 Å². The van der Waals surface area contributed by atoms with Crippen molar-refractivity contribution in [2.75, 3.05) is 5.32 Å². The second-order valence-corrected chi connectivity index (χ2v) is 7.07. The predicted octanol–water partition coefficient (Wildman–Crippen LogP) is 4.39. The maximum atomic E-state index is 12.2. The largest absolute Gasteiger partial charge is 0.476 e. The monoisotopic (exact) mass is 331 g/mol. The first-order valence-corrected chi connectivity index (χ1v) is 7.94. The highest BCUT2D eigenvalue weighted by molar-refractivity contribution is 5.79. The number of hydrogen-bond acceptors (Lipinski definition) is 5. The van der Waals surface area contributed by atoms with Gasteiger partial charge in [-0.25, -0.2) is 4.79 Å². The molecule has 1 N–H and O–H groups in total. The van der Waals surface area contributed by atoms with Crippen LogP contribution < -0.4 is 10.1 Å². The molecule has 1 aromatic heterocycles. The minimum Gasteiger partial charge on any atom is -0.476 e. The van der Waals surface area contributed by atoms with Crippen LogP contribution in [0.3, 0.4) is 0 Å². The number of carbonyl (C=O) groups excluding carboxylic acids is 1. The highest BCUT2D eigenvalue weighted by atomic mass is 16.6. The van der Waals surface area contributed by atoms with E-state index in [2.05, 4.69) is 5.32 Å². The van der Waals surface area contributed by atoms with E-state index in [0.29, 0.717) is 12.3 Å². The van der Waals surface area contributed by atoms with Gasteiger partial charge in [0.25, 0.3) is 0 Å². The van der Waals surface area contributed by atoms with Crippen LogP contribution in [-0.4, -0.2) is 17.2 Å². The second-order valence-electron chi connectivity index (χ2n) is 7.07. The molecule has 0 fully saturated rings. The lowest BCUT2D eigenvalue weighted by atomic mass is 10.1. The van der Waals surface area contributed by atoms with Crippen LogP contribution in [0.25, 0.3) is 0 Å². The third-order valence-electron chi connectivity index (χ3n) is 3.16. The molecule has 24 heavy (non-hydrogen) atoms. The maximum absolute atomic E-state index is 12.2. The Labute approximate surface area is 143 Å². The summed E-state index contributed by atoms with van der Waals surface area (Å²) in [7, 11) is 0. The van der Waals surface area contributed by atoms with Gasteiger partial charge >= 0.3 is 5.97 Å². The van der Waals surface area contributed by atoms with Gasteiger partial charge in [-0.15, -0.1) is 0 Å². The standard InChI is InChI=1S/C19H25NO4/c1-18(2,3)24-17(21)19(4,5)23-15-10-8-14(9-11-15)20-13-16-7-6-12-22-16/h6-12,20H,13H2,1-5H3. The summed E-state index contributed by atoms with van der Waals surface area (Å²) in [6, 6.07) is 11.2. The van der Waals surface area contributed by atoms with Crippen LogP contribution >= 0.6 is 0 Å². The smallest absolute Gasteiger partial charge is 0.350 e. The molecular weight excluding hydrogens is 306 g/mol. The fraction of sp³-hybridized carbons (Fsp3) is 0.421. The van der Waals surface area contributed by atoms with Crippen LogP contribution in [0.15, 0.2) is 47.1 Å². The van der Waals surface area contributed by atoms with Crippen LogP contribution in [0.1, 0.15) is 40.4 Å². The van der Waals surface area contributed by atoms with Crippen molar-refractivity contribution in [2.24, 2.45) is 0 Å². The lowest BCUT2D eigenvalue weighted by Gasteiger charge is -2.29. The van der Waals surface area contributed by atoms with Gasteiger partial charge in [-0.05, 0) is 71.0 Å². The van der Waals surface area contributed by atoms with Crippen molar-refractivity contribution in [3.8, 4) is 5.75 Å². The molecule has 0 amide bonds. The molecule has 2 aromatic rings. The number of furan rings is 1. The minimum absolute atomic E-state index is 0.393. The van der Waals surface area contributed by atoms with Gasteiger partial charge in [-0.2, -0.15) is 0 Å². The van der Waals surface area contributed by atoms with Gasteiger partial charge < -0.3 is 19.2 Å². The normalized spacial score (nSPS) is 11.9. The number of anilines is 1. The van der Waals surface area contributed by atoms with Crippen molar-refractivity contribution >= 4 is 11.7 Å². The summed E-state index contributed by atoms with van der Waals surface area (Å²) in [5.74, 6) is 1.07. The van der Waals surface area contributed by atoms with E-state index in [1.807, 2.05) is 57.2 Å². The molecule has 0 aliphatic carbocycles. The highest BCUT2D eigenvalue weighted by Crippen LogP contribution is 2.23. The number of hydrogen-bond donors (Lipinski definition) is 1. The lowest BCUT2D eigenvalue weighted by Crippen LogP contribution is -2.43. The molecule has 0 aliphatic rings. The fourth-order valence-electron chi connectivity index (χ4n) is 1.98. The van der Waals surface area contributed by atoms with Gasteiger partial charge in [0.2, 0.25) is 0 Å². The van der Waals surface area contributed by atoms with Gasteiger partial charge in [-0.1, -0.05) is 0 Å². The Balaban J connectivity index is 1.93. The van der Waals surface area contributed by atoms with E-state index < -0.39 is 17.2 Å². The molecule has 0 saturated heterocycles. The molecule has 0 spiro atoms. The molecule has 0 bridgehead atoms. The number of carbonyl (C=O) groups is 1. The van der Waals surface area contributed by atoms with Crippen molar-refractivity contribution in [3.05, 3.63) is 48.4 Å². The molecule has 0 atom stereocenters. The third-order valence-corrected chi connectivity index (χ3v) is 3.16. The number of esters is 1. The summed E-state index contributed by atoms with van der Waals surface area (Å²) < 4.78 is 16.5. The molecule has 5 heteroatoms. The maximum Gasteiger partial charge on any atom is 0.350 e. The van der Waals surface area contributed by atoms with E-state index in [-0.39, 0.29) is 0 Å². The molecule has 0 saturated carbocycles. The molecular formula is C19H25NO4. The van der Waals surface area contributed by atoms with Gasteiger partial charge in [0, 0.05) is 5.69 Å². The van der Waals surface area contributed by atoms with Crippen molar-refractivity contribution in [2.45, 2.75) is 52.4 Å². The summed E-state index contributed by atoms with van der Waals surface area (Å²) in [4.78, 5) is 12.2. The summed E-state index contributed by atoms with van der Waals surface area (Å²) in [5, 5.41) is 3.25. The van der Waals surface area contributed by atoms with E-state index in [4.69, 9.17) is 13.9 Å². The molecule has 130 valence electrons. The third kappa shape index (κ3) is 5.33. The Morgan fingerprint density at radius 1 is 1.08 bits per heavy atom. The molecule has 0 radical (unpaired) electrons. The molecule has 5 nitrogen and oxygen atoms in total. The highest BCUT2D eigenvalue weighted by Gasteiger charge is 2.34. The van der Waals surface area contributed by atoms with Gasteiger partial charge in [0.15, 0.2) is 5.60 Å². The van der Waals surface area contributed by atoms with Crippen molar-refractivity contribution in [3.63, 3.8) is 0 Å². The zero-order valence-electron chi connectivity index (χ0n) is 14.9. The SMILES string of the molecule is CC(C)(C)OC(=O)C(C)(C)Oc1ccc(NCc2ccco2)cc1. The summed E-state index contributed by atoms with van der Waals surface area (Å²) >= 11 is 0. The zero-order valence-corrected chi connectivity index (χ0v) is 14.9. The number of nitrogens with one attached hydrogen (secondary N) is 1. The molecule has 0 aliphatic heterocycles. The second kappa shape index (κ2) is 6.99. The molecule has 2 rings (SSSR count). The average Bonchev–Trinajstić information content (AvgIpc) is 2.98. The number of ether oxygens (including phenoxy) is 2. The summed E-state index contributed by atoms with van der Waals surface area (Å²) in [6.07, 6.45) is 1.65. The summed E-state index contributed by atoms with van der Waals surface area (Å²) in [6.45, 7) is 9.51. The first kappa shape index (κ1) is 17.9. The number of benzene rings is 1. The quantitative estimate of drug-likeness (QED) is 0.795. The van der Waals surface area contributed by atoms with Crippen LogP contribution in [-0.2, 0) is 16.1 Å². The Hall–Kier alpha value is -2.43. The zero-order chi connectivity index (χ0) is 17.8. The van der Waals surface area contributed by atoms with Gasteiger partial charge in [0.1, 0.15) is 17.1 Å². The van der Waals surface area contributed by atoms with Crippen LogP contribution in [0.4, 0.5) is 5.69 Å². The van der Waals surface area contributed by atoms with Gasteiger partial charge in [-0.3, -0.25) is 0 Å². The molecule has 0 unspecified atom stereocenters. The first-order valence-electron chi connectivity index (χ1n) is 7.94. The first-order chi connectivity index (χ1) is 11.2. The van der Waals surface area contributed by atoms with E-state index in [1.54, 1.807) is 20.1 Å². The van der Waals surface area contributed by atoms with Crippen LogP contribution in [0.2, 0.25) is 0 Å². The Morgan fingerprint density at radius 2 is 1.75 bits per heavy atom. The van der Waals surface area contributed by atoms with Crippen LogP contribution in [0.5, 0.6) is 5.75 Å². The average molecular weight is 331 g/mol. The van der Waals surface area contributed by atoms with Crippen molar-refractivity contribution in [1.29, 1.82) is 0 Å². The van der Waals surface area contributed by atoms with E-state index in [0.717, 1.165) is 11.4 Å². The van der Waals surface area contributed by atoms with E-state index in [9.17, 15) is 4.79 Å². The summed E-state index contributed by atoms with van der Waals surface area (Å²) in [5.41, 5.74) is -0.665. The molecule has 1 heterocycles. The van der Waals surface area contributed by atoms with E-state index >= 15 is 0 Å². The van der Waals surface area contributed by atoms with Crippen LogP contribution in [0, 0.1) is 0 Å². The lowest BCUT2D eigenvalue weighted by molar-refractivity contribution is -0.170. The van der Waals surface area contributed by atoms with E-state index in [1.165, 1.54) is 0 Å². The Morgan fingerprint density at radius 3 is 2.29 bits per heavy atom. The predicted molar refractivity (Wildman–Crippen MR) is 93.0 cm³/mol. The minimum atomic E-state index is -1.06. The Kier molecular flexibility index (Phi) is 5.22. The Bertz CT molecular complexity index is 652. The number of rotatable bonds is 6. The van der Waals surface area contributed by atoms with Crippen molar-refractivity contribution < 1.29 is 18.7 Å².